The fourth-order valence-electron chi connectivity index (χ4n) is 4.07. The minimum atomic E-state index is -4.59. The van der Waals surface area contributed by atoms with Gasteiger partial charge in [0.1, 0.15) is 11.6 Å². The van der Waals surface area contributed by atoms with E-state index >= 15 is 0 Å². The van der Waals surface area contributed by atoms with Crippen LogP contribution >= 0.6 is 11.8 Å². The van der Waals surface area contributed by atoms with Crippen molar-refractivity contribution in [1.29, 1.82) is 0 Å². The molecule has 0 radical (unpaired) electrons. The van der Waals surface area contributed by atoms with E-state index in [9.17, 15) is 18.0 Å². The fraction of sp³-hybridized carbons (Fsp3) is 0.370. The van der Waals surface area contributed by atoms with Crippen molar-refractivity contribution in [3.05, 3.63) is 71.4 Å². The van der Waals surface area contributed by atoms with Crippen LogP contribution in [0.2, 0.25) is 0 Å². The lowest BCUT2D eigenvalue weighted by Crippen LogP contribution is -2.47. The third-order valence-electron chi connectivity index (χ3n) is 6.00. The van der Waals surface area contributed by atoms with Crippen LogP contribution < -0.4 is 19.9 Å². The Labute approximate surface area is 224 Å². The number of anilines is 2. The minimum Gasteiger partial charge on any atom is -0.497 e. The van der Waals surface area contributed by atoms with E-state index in [1.807, 2.05) is 49.1 Å². The van der Waals surface area contributed by atoms with Gasteiger partial charge in [-0.1, -0.05) is 23.9 Å². The number of aromatic nitrogens is 2. The number of hydrogen-bond donors (Lipinski definition) is 1. The zero-order chi connectivity index (χ0) is 27.3. The number of nitrogens with zero attached hydrogens (tertiary/aromatic N) is 4. The molecule has 1 saturated heterocycles. The first-order valence-corrected chi connectivity index (χ1v) is 13.2. The topological polar surface area (TPSA) is 70.6 Å². The highest BCUT2D eigenvalue weighted by Gasteiger charge is 2.34. The van der Waals surface area contributed by atoms with Crippen LogP contribution in [0.25, 0.3) is 0 Å². The molecule has 1 aliphatic heterocycles. The Bertz CT molecular complexity index is 1250. The Morgan fingerprint density at radius 3 is 2.34 bits per heavy atom. The average molecular weight is 546 g/mol. The second-order valence-electron chi connectivity index (χ2n) is 9.18. The molecule has 3 aromatic rings. The van der Waals surface area contributed by atoms with Gasteiger partial charge in [-0.2, -0.15) is 13.2 Å². The Hall–Kier alpha value is -3.47. The fourth-order valence-corrected chi connectivity index (χ4v) is 4.86. The van der Waals surface area contributed by atoms with Crippen molar-refractivity contribution in [3.63, 3.8) is 0 Å². The summed E-state index contributed by atoms with van der Waals surface area (Å²) in [5.41, 5.74) is 1.36. The Balaban J connectivity index is 1.47. The van der Waals surface area contributed by atoms with Crippen LogP contribution in [0.5, 0.6) is 5.75 Å². The number of hydrogen-bond acceptors (Lipinski definition) is 7. The lowest BCUT2D eigenvalue weighted by Gasteiger charge is -2.37. The number of carbonyl (C=O) groups is 1. The van der Waals surface area contributed by atoms with Crippen molar-refractivity contribution in [2.75, 3.05) is 43.1 Å². The predicted molar refractivity (Wildman–Crippen MR) is 143 cm³/mol. The maximum absolute atomic E-state index is 13.7. The van der Waals surface area contributed by atoms with Crippen LogP contribution in [0.15, 0.2) is 59.8 Å². The van der Waals surface area contributed by atoms with Gasteiger partial charge in [-0.3, -0.25) is 4.79 Å². The number of ether oxygens (including phenoxy) is 1. The Morgan fingerprint density at radius 1 is 1.03 bits per heavy atom. The van der Waals surface area contributed by atoms with Gasteiger partial charge in [0, 0.05) is 55.3 Å². The maximum Gasteiger partial charge on any atom is 0.433 e. The molecule has 0 atom stereocenters. The lowest BCUT2D eigenvalue weighted by molar-refractivity contribution is -0.141. The minimum absolute atomic E-state index is 0.00413. The standard InChI is InChI=1S/C27H30F3N5O2S/c1-18(2)31-25(36)20-6-4-5-19(15-20)17-38-26-32-23(27(28,29)30)16-24(33-26)35-13-11-34(12-14-35)21-7-9-22(37-3)10-8-21/h4-10,15-16,18H,11-14,17H2,1-3H3,(H,31,36). The summed E-state index contributed by atoms with van der Waals surface area (Å²) in [7, 11) is 1.61. The van der Waals surface area contributed by atoms with Crippen molar-refractivity contribution in [2.45, 2.75) is 37.0 Å². The summed E-state index contributed by atoms with van der Waals surface area (Å²) in [6.45, 7) is 6.09. The smallest absolute Gasteiger partial charge is 0.433 e. The molecule has 1 aromatic heterocycles. The van der Waals surface area contributed by atoms with E-state index in [2.05, 4.69) is 20.2 Å². The molecular formula is C27H30F3N5O2S. The van der Waals surface area contributed by atoms with Crippen molar-refractivity contribution in [3.8, 4) is 5.75 Å². The van der Waals surface area contributed by atoms with Gasteiger partial charge in [0.25, 0.3) is 5.91 Å². The van der Waals surface area contributed by atoms with Crippen LogP contribution in [0.4, 0.5) is 24.7 Å². The summed E-state index contributed by atoms with van der Waals surface area (Å²) in [6.07, 6.45) is -4.59. The molecule has 202 valence electrons. The Kier molecular flexibility index (Phi) is 8.65. The SMILES string of the molecule is COc1ccc(N2CCN(c3cc(C(F)(F)F)nc(SCc4cccc(C(=O)NC(C)C)c4)n3)CC2)cc1. The highest BCUT2D eigenvalue weighted by molar-refractivity contribution is 7.98. The predicted octanol–water partition coefficient (Wildman–Crippen LogP) is 5.26. The summed E-state index contributed by atoms with van der Waals surface area (Å²) in [5, 5.41) is 2.88. The second-order valence-corrected chi connectivity index (χ2v) is 10.1. The van der Waals surface area contributed by atoms with Crippen LogP contribution in [0, 0.1) is 0 Å². The first-order valence-electron chi connectivity index (χ1n) is 12.2. The van der Waals surface area contributed by atoms with Gasteiger partial charge < -0.3 is 19.9 Å². The molecule has 1 N–H and O–H groups in total. The van der Waals surface area contributed by atoms with E-state index in [1.165, 1.54) is 0 Å². The third kappa shape index (κ3) is 7.09. The van der Waals surface area contributed by atoms with Gasteiger partial charge in [0.15, 0.2) is 10.9 Å². The molecule has 1 aliphatic rings. The highest BCUT2D eigenvalue weighted by atomic mass is 32.2. The number of alkyl halides is 3. The molecule has 7 nitrogen and oxygen atoms in total. The number of carbonyl (C=O) groups excluding carboxylic acids is 1. The molecule has 0 saturated carbocycles. The second kappa shape index (κ2) is 11.9. The molecule has 0 spiro atoms. The summed E-state index contributed by atoms with van der Waals surface area (Å²) in [6, 6.07) is 15.7. The maximum atomic E-state index is 13.7. The number of amides is 1. The van der Waals surface area contributed by atoms with Crippen molar-refractivity contribution in [1.82, 2.24) is 15.3 Å². The number of benzene rings is 2. The molecule has 2 heterocycles. The molecule has 2 aromatic carbocycles. The summed E-state index contributed by atoms with van der Waals surface area (Å²) >= 11 is 1.11. The Morgan fingerprint density at radius 2 is 1.71 bits per heavy atom. The molecule has 1 fully saturated rings. The highest BCUT2D eigenvalue weighted by Crippen LogP contribution is 2.33. The van der Waals surface area contributed by atoms with Gasteiger partial charge >= 0.3 is 6.18 Å². The lowest BCUT2D eigenvalue weighted by atomic mass is 10.1. The van der Waals surface area contributed by atoms with Crippen LogP contribution in [-0.2, 0) is 11.9 Å². The van der Waals surface area contributed by atoms with Crippen molar-refractivity contribution < 1.29 is 22.7 Å². The third-order valence-corrected chi connectivity index (χ3v) is 6.92. The largest absolute Gasteiger partial charge is 0.497 e. The van der Waals surface area contributed by atoms with Gasteiger partial charge in [-0.25, -0.2) is 9.97 Å². The van der Waals surface area contributed by atoms with Crippen LogP contribution in [0.1, 0.15) is 35.5 Å². The van der Waals surface area contributed by atoms with Crippen LogP contribution in [0.3, 0.4) is 0 Å². The molecular weight excluding hydrogens is 515 g/mol. The van der Waals surface area contributed by atoms with Gasteiger partial charge in [-0.15, -0.1) is 0 Å². The number of halogens is 3. The first kappa shape index (κ1) is 27.6. The first-order chi connectivity index (χ1) is 18.1. The van der Waals surface area contributed by atoms with E-state index in [0.717, 1.165) is 34.8 Å². The number of piperazine rings is 1. The normalized spacial score (nSPS) is 14.1. The molecule has 0 aliphatic carbocycles. The average Bonchev–Trinajstić information content (AvgIpc) is 2.91. The summed E-state index contributed by atoms with van der Waals surface area (Å²) in [4.78, 5) is 24.6. The molecule has 0 unspecified atom stereocenters. The zero-order valence-electron chi connectivity index (χ0n) is 21.5. The van der Waals surface area contributed by atoms with Gasteiger partial charge in [-0.05, 0) is 55.8 Å². The van der Waals surface area contributed by atoms with Crippen molar-refractivity contribution in [2.24, 2.45) is 0 Å². The molecule has 11 heteroatoms. The number of methoxy groups -OCH3 is 1. The summed E-state index contributed by atoms with van der Waals surface area (Å²) in [5.74, 6) is 1.16. The van der Waals surface area contributed by atoms with Crippen molar-refractivity contribution >= 4 is 29.2 Å². The quantitative estimate of drug-likeness (QED) is 0.306. The van der Waals surface area contributed by atoms with Gasteiger partial charge in [0.05, 0.1) is 7.11 Å². The zero-order valence-corrected chi connectivity index (χ0v) is 22.3. The summed E-state index contributed by atoms with van der Waals surface area (Å²) < 4.78 is 46.3. The van der Waals surface area contributed by atoms with E-state index < -0.39 is 11.9 Å². The van der Waals surface area contributed by atoms with E-state index in [-0.39, 0.29) is 22.9 Å². The van der Waals surface area contributed by atoms with Gasteiger partial charge in [0.2, 0.25) is 0 Å². The van der Waals surface area contributed by atoms with E-state index in [1.54, 1.807) is 25.3 Å². The van der Waals surface area contributed by atoms with E-state index in [4.69, 9.17) is 4.74 Å². The number of thioether (sulfide) groups is 1. The molecule has 38 heavy (non-hydrogen) atoms. The monoisotopic (exact) mass is 545 g/mol. The molecule has 4 rings (SSSR count). The molecule has 0 bridgehead atoms. The molecule has 1 amide bonds. The van der Waals surface area contributed by atoms with E-state index in [0.29, 0.717) is 37.5 Å². The number of nitrogens with one attached hydrogen (secondary N) is 1. The number of rotatable bonds is 8. The van der Waals surface area contributed by atoms with Crippen LogP contribution in [-0.4, -0.2) is 55.2 Å².